The molecule has 2 atom stereocenters. The first kappa shape index (κ1) is 38.9. The molecule has 0 N–H and O–H groups in total. The van der Waals surface area contributed by atoms with Crippen molar-refractivity contribution >= 4 is 63.0 Å². The molecule has 0 radical (unpaired) electrons. The molecule has 7 aromatic rings. The fourth-order valence-electron chi connectivity index (χ4n) is 10.4. The van der Waals surface area contributed by atoms with Crippen molar-refractivity contribution in [3.8, 4) is 11.1 Å². The molecule has 2 aliphatic heterocycles. The molecule has 2 aliphatic carbocycles. The van der Waals surface area contributed by atoms with Crippen molar-refractivity contribution < 1.29 is 0 Å². The van der Waals surface area contributed by atoms with Crippen LogP contribution in [0, 0.1) is 5.92 Å². The molecule has 306 valence electrons. The van der Waals surface area contributed by atoms with Gasteiger partial charge in [0.1, 0.15) is 0 Å². The summed E-state index contributed by atoms with van der Waals surface area (Å²) >= 11 is 0. The smallest absolute Gasteiger partial charge is 0.251 e. The van der Waals surface area contributed by atoms with E-state index in [1.165, 1.54) is 89.7 Å². The monoisotopic (exact) mass is 813 g/mol. The Morgan fingerprint density at radius 3 is 1.81 bits per heavy atom. The normalized spacial score (nSPS) is 17.5. The number of rotatable bonds is 7. The van der Waals surface area contributed by atoms with E-state index in [0.29, 0.717) is 5.92 Å². The first-order chi connectivity index (χ1) is 30.8. The first-order valence-corrected chi connectivity index (χ1v) is 22.6. The zero-order valence-electron chi connectivity index (χ0n) is 36.6. The molecule has 0 fully saturated rings. The van der Waals surface area contributed by atoms with Crippen LogP contribution >= 0.6 is 0 Å². The molecule has 4 aliphatic rings. The average molecular weight is 814 g/mol. The molecule has 0 amide bonds. The lowest BCUT2D eigenvalue weighted by atomic mass is 9.32. The standard InChI is InChI=1S/C59H52BN3/c1-41-16-14-19-44(38-41)43-26-31-49(32-27-43)62-54-37-28-45(42-17-8-5-9-18-42)39-53(54)60-52-36-35-51(61(47-20-10-6-11-21-47)48-22-12-7-13-23-48)40-57(52)63(56-25-15-24-55(62)58(56)60)50-33-29-46(30-34-50)59(2,3)4/h5-37,39,41,51H,38,40H2,1-4H3. The largest absolute Gasteiger partial charge is 0.334 e. The number of hydrogen-bond acceptors (Lipinski definition) is 3. The summed E-state index contributed by atoms with van der Waals surface area (Å²) in [6, 6.07) is 65.6. The molecule has 63 heavy (non-hydrogen) atoms. The zero-order chi connectivity index (χ0) is 42.7. The Hall–Kier alpha value is -7.04. The molecule has 4 heteroatoms. The Balaban J connectivity index is 1.12. The second-order valence-corrected chi connectivity index (χ2v) is 18.6. The number of fused-ring (bicyclic) bond motifs is 3. The first-order valence-electron chi connectivity index (χ1n) is 22.6. The summed E-state index contributed by atoms with van der Waals surface area (Å²) in [6.07, 6.45) is 13.6. The van der Waals surface area contributed by atoms with Gasteiger partial charge in [0.15, 0.2) is 0 Å². The molecule has 0 saturated heterocycles. The number of para-hydroxylation sites is 2. The van der Waals surface area contributed by atoms with Crippen molar-refractivity contribution in [2.75, 3.05) is 14.7 Å². The highest BCUT2D eigenvalue weighted by Crippen LogP contribution is 2.48. The molecule has 2 unspecified atom stereocenters. The van der Waals surface area contributed by atoms with Crippen LogP contribution in [0.25, 0.3) is 16.7 Å². The topological polar surface area (TPSA) is 9.72 Å². The number of anilines is 7. The van der Waals surface area contributed by atoms with Crippen molar-refractivity contribution in [1.82, 2.24) is 0 Å². The van der Waals surface area contributed by atoms with Gasteiger partial charge in [-0.3, -0.25) is 0 Å². The summed E-state index contributed by atoms with van der Waals surface area (Å²) in [5, 5.41) is 0. The Bertz CT molecular complexity index is 2900. The molecule has 2 heterocycles. The maximum atomic E-state index is 2.60. The predicted molar refractivity (Wildman–Crippen MR) is 269 cm³/mol. The van der Waals surface area contributed by atoms with Gasteiger partial charge in [-0.1, -0.05) is 167 Å². The van der Waals surface area contributed by atoms with E-state index in [9.17, 15) is 0 Å². The van der Waals surface area contributed by atoms with Crippen LogP contribution in [0.2, 0.25) is 0 Å². The molecule has 3 nitrogen and oxygen atoms in total. The highest BCUT2D eigenvalue weighted by atomic mass is 15.2. The van der Waals surface area contributed by atoms with Crippen molar-refractivity contribution in [2.24, 2.45) is 5.92 Å². The second-order valence-electron chi connectivity index (χ2n) is 18.6. The lowest BCUT2D eigenvalue weighted by Crippen LogP contribution is -2.56. The number of nitrogens with zero attached hydrogens (tertiary/aromatic N) is 3. The Morgan fingerprint density at radius 2 is 1.16 bits per heavy atom. The van der Waals surface area contributed by atoms with Crippen LogP contribution < -0.4 is 25.6 Å². The minimum atomic E-state index is 0.0326. The summed E-state index contributed by atoms with van der Waals surface area (Å²) in [5.74, 6) is 0.543. The van der Waals surface area contributed by atoms with Gasteiger partial charge in [0.05, 0.1) is 6.04 Å². The molecular formula is C59H52BN3. The van der Waals surface area contributed by atoms with Crippen LogP contribution in [-0.2, 0) is 5.41 Å². The van der Waals surface area contributed by atoms with Crippen molar-refractivity contribution in [3.63, 3.8) is 0 Å². The van der Waals surface area contributed by atoms with Crippen LogP contribution in [0.1, 0.15) is 51.7 Å². The van der Waals surface area contributed by atoms with E-state index in [1.807, 2.05) is 0 Å². The van der Waals surface area contributed by atoms with Gasteiger partial charge >= 0.3 is 0 Å². The Labute approximate surface area is 373 Å². The number of benzene rings is 7. The summed E-state index contributed by atoms with van der Waals surface area (Å²) in [5.41, 5.74) is 20.3. The molecule has 0 bridgehead atoms. The lowest BCUT2D eigenvalue weighted by Gasteiger charge is -2.47. The molecule has 0 spiro atoms. The van der Waals surface area contributed by atoms with E-state index in [0.717, 1.165) is 12.8 Å². The average Bonchev–Trinajstić information content (AvgIpc) is 3.32. The Morgan fingerprint density at radius 1 is 0.556 bits per heavy atom. The minimum Gasteiger partial charge on any atom is -0.334 e. The highest BCUT2D eigenvalue weighted by Gasteiger charge is 2.45. The van der Waals surface area contributed by atoms with Gasteiger partial charge in [-0.2, -0.15) is 0 Å². The third-order valence-electron chi connectivity index (χ3n) is 13.5. The van der Waals surface area contributed by atoms with Crippen LogP contribution in [-0.4, -0.2) is 12.8 Å². The molecule has 0 aromatic heterocycles. The van der Waals surface area contributed by atoms with Crippen LogP contribution in [0.15, 0.2) is 217 Å². The fraction of sp³-hybridized carbons (Fsp3) is 0.153. The molecule has 11 rings (SSSR count). The lowest BCUT2D eigenvalue weighted by molar-refractivity contribution is 0.590. The summed E-state index contributed by atoms with van der Waals surface area (Å²) in [6.45, 7) is 9.23. The highest BCUT2D eigenvalue weighted by molar-refractivity contribution is 6.95. The van der Waals surface area contributed by atoms with Crippen LogP contribution in [0.3, 0.4) is 0 Å². The fourth-order valence-corrected chi connectivity index (χ4v) is 10.4. The van der Waals surface area contributed by atoms with Crippen LogP contribution in [0.5, 0.6) is 0 Å². The second kappa shape index (κ2) is 15.7. The maximum Gasteiger partial charge on any atom is 0.251 e. The molecule has 0 saturated carbocycles. The minimum absolute atomic E-state index is 0.0326. The van der Waals surface area contributed by atoms with Gasteiger partial charge < -0.3 is 14.7 Å². The van der Waals surface area contributed by atoms with E-state index < -0.39 is 0 Å². The van der Waals surface area contributed by atoms with Crippen LogP contribution in [0.4, 0.5) is 39.8 Å². The summed E-state index contributed by atoms with van der Waals surface area (Å²) in [4.78, 5) is 7.63. The molecule has 7 aromatic carbocycles. The zero-order valence-corrected chi connectivity index (χ0v) is 36.6. The van der Waals surface area contributed by atoms with Gasteiger partial charge in [0, 0.05) is 51.9 Å². The summed E-state index contributed by atoms with van der Waals surface area (Å²) < 4.78 is 0. The number of allylic oxidation sites excluding steroid dienone is 6. The van der Waals surface area contributed by atoms with Gasteiger partial charge in [0.25, 0.3) is 6.71 Å². The van der Waals surface area contributed by atoms with Crippen molar-refractivity contribution in [1.29, 1.82) is 0 Å². The van der Waals surface area contributed by atoms with E-state index in [1.54, 1.807) is 0 Å². The third-order valence-corrected chi connectivity index (χ3v) is 13.5. The van der Waals surface area contributed by atoms with E-state index in [-0.39, 0.29) is 18.2 Å². The molecular weight excluding hydrogens is 761 g/mol. The third kappa shape index (κ3) is 6.95. The van der Waals surface area contributed by atoms with E-state index in [2.05, 4.69) is 249 Å². The maximum absolute atomic E-state index is 2.60. The van der Waals surface area contributed by atoms with Crippen molar-refractivity contribution in [2.45, 2.75) is 52.0 Å². The van der Waals surface area contributed by atoms with Gasteiger partial charge in [-0.15, -0.1) is 0 Å². The predicted octanol–water partition coefficient (Wildman–Crippen LogP) is 14.1. The van der Waals surface area contributed by atoms with E-state index in [4.69, 9.17) is 0 Å². The number of hydrogen-bond donors (Lipinski definition) is 0. The Kier molecular flexibility index (Phi) is 9.68. The van der Waals surface area contributed by atoms with Gasteiger partial charge in [-0.25, -0.2) is 0 Å². The quantitative estimate of drug-likeness (QED) is 0.148. The summed E-state index contributed by atoms with van der Waals surface area (Å²) in [7, 11) is 0. The van der Waals surface area contributed by atoms with Crippen molar-refractivity contribution in [3.05, 3.63) is 229 Å². The SMILES string of the molecule is CC1C=CC=C(c2ccc(N3c4ccc(-c5ccccc5)cc4B4C5=C(CC(N(c6ccccc6)c6ccccc6)C=C5)N(c5ccc(C(C)(C)C)cc5)c5cccc3c54)cc2)C1. The van der Waals surface area contributed by atoms with Gasteiger partial charge in [-0.05, 0) is 129 Å². The van der Waals surface area contributed by atoms with Gasteiger partial charge in [0.2, 0.25) is 0 Å². The van der Waals surface area contributed by atoms with E-state index >= 15 is 0 Å².